The molecule has 0 amide bonds. The predicted molar refractivity (Wildman–Crippen MR) is 116 cm³/mol. The molecule has 1 atom stereocenters. The molecule has 1 aliphatic heterocycles. The van der Waals surface area contributed by atoms with E-state index in [0.717, 1.165) is 47.8 Å². The number of hydrogen-bond acceptors (Lipinski definition) is 5. The van der Waals surface area contributed by atoms with E-state index in [0.29, 0.717) is 11.4 Å². The normalized spacial score (nSPS) is 16.7. The molecule has 158 valence electrons. The van der Waals surface area contributed by atoms with Crippen molar-refractivity contribution >= 4 is 12.2 Å². The van der Waals surface area contributed by atoms with Crippen LogP contribution < -0.4 is 9.47 Å². The molecule has 2 aromatic carbocycles. The van der Waals surface area contributed by atoms with Crippen LogP contribution in [-0.2, 0) is 13.7 Å². The minimum atomic E-state index is -0.271. The van der Waals surface area contributed by atoms with Crippen LogP contribution >= 0.6 is 12.2 Å². The maximum atomic E-state index is 13.3. The van der Waals surface area contributed by atoms with Crippen molar-refractivity contribution in [1.29, 1.82) is 0 Å². The van der Waals surface area contributed by atoms with Crippen molar-refractivity contribution < 1.29 is 13.9 Å². The summed E-state index contributed by atoms with van der Waals surface area (Å²) in [4.78, 5) is 2.36. The monoisotopic (exact) mass is 428 g/mol. The highest BCUT2D eigenvalue weighted by Crippen LogP contribution is 2.39. The quantitative estimate of drug-likeness (QED) is 0.538. The lowest BCUT2D eigenvalue weighted by Gasteiger charge is -2.26. The number of halogens is 1. The zero-order valence-electron chi connectivity index (χ0n) is 17.3. The van der Waals surface area contributed by atoms with Crippen LogP contribution in [0.3, 0.4) is 0 Å². The average molecular weight is 429 g/mol. The lowest BCUT2D eigenvalue weighted by atomic mass is 10.0. The molecule has 0 spiro atoms. The van der Waals surface area contributed by atoms with E-state index in [2.05, 4.69) is 11.0 Å². The van der Waals surface area contributed by atoms with Crippen LogP contribution in [0, 0.1) is 10.6 Å². The molecule has 1 saturated heterocycles. The van der Waals surface area contributed by atoms with Crippen molar-refractivity contribution in [2.24, 2.45) is 7.05 Å². The summed E-state index contributed by atoms with van der Waals surface area (Å²) in [6.07, 6.45) is 2.12. The van der Waals surface area contributed by atoms with Crippen molar-refractivity contribution in [2.45, 2.75) is 25.6 Å². The molecule has 1 fully saturated rings. The highest BCUT2D eigenvalue weighted by molar-refractivity contribution is 7.71. The molecular weight excluding hydrogens is 403 g/mol. The molecular formula is C22H25FN4O2S. The molecule has 8 heteroatoms. The van der Waals surface area contributed by atoms with Gasteiger partial charge in [-0.1, -0.05) is 6.07 Å². The van der Waals surface area contributed by atoms with Gasteiger partial charge in [0.15, 0.2) is 10.6 Å². The van der Waals surface area contributed by atoms with Gasteiger partial charge < -0.3 is 14.0 Å². The van der Waals surface area contributed by atoms with E-state index in [1.807, 2.05) is 28.4 Å². The first-order valence-corrected chi connectivity index (χ1v) is 10.3. The predicted octanol–water partition coefficient (Wildman–Crippen LogP) is 4.57. The summed E-state index contributed by atoms with van der Waals surface area (Å²) >= 11 is 5.63. The van der Waals surface area contributed by atoms with Gasteiger partial charge in [0.2, 0.25) is 0 Å². The molecule has 30 heavy (non-hydrogen) atoms. The van der Waals surface area contributed by atoms with Crippen molar-refractivity contribution in [3.63, 3.8) is 0 Å². The fourth-order valence-corrected chi connectivity index (χ4v) is 4.23. The third-order valence-electron chi connectivity index (χ3n) is 5.62. The number of nitrogens with zero attached hydrogens (tertiary/aromatic N) is 4. The highest BCUT2D eigenvalue weighted by Gasteiger charge is 2.29. The van der Waals surface area contributed by atoms with Gasteiger partial charge in [0.05, 0.1) is 20.9 Å². The first kappa shape index (κ1) is 20.6. The van der Waals surface area contributed by atoms with Gasteiger partial charge in [-0.15, -0.1) is 0 Å². The molecule has 0 radical (unpaired) electrons. The maximum Gasteiger partial charge on any atom is 0.199 e. The molecule has 0 unspecified atom stereocenters. The van der Waals surface area contributed by atoms with Crippen LogP contribution in [0.2, 0.25) is 0 Å². The SMILES string of the molecule is COc1ccc([C@H]2CCCN2Cn2nc(-c3ccc(F)cc3)n(C)c2=S)c(OC)c1. The largest absolute Gasteiger partial charge is 0.497 e. The van der Waals surface area contributed by atoms with Gasteiger partial charge in [0, 0.05) is 36.8 Å². The Labute approximate surface area is 180 Å². The minimum Gasteiger partial charge on any atom is -0.497 e. The Bertz CT molecular complexity index is 1090. The second kappa shape index (κ2) is 8.57. The molecule has 0 bridgehead atoms. The summed E-state index contributed by atoms with van der Waals surface area (Å²) in [5, 5.41) is 4.73. The minimum absolute atomic E-state index is 0.212. The van der Waals surface area contributed by atoms with Gasteiger partial charge >= 0.3 is 0 Å². The number of methoxy groups -OCH3 is 2. The summed E-state index contributed by atoms with van der Waals surface area (Å²) < 4.78 is 28.6. The molecule has 0 aliphatic carbocycles. The lowest BCUT2D eigenvalue weighted by Crippen LogP contribution is -2.27. The number of hydrogen-bond donors (Lipinski definition) is 0. The number of rotatable bonds is 6. The van der Waals surface area contributed by atoms with Crippen molar-refractivity contribution in [3.05, 3.63) is 58.6 Å². The van der Waals surface area contributed by atoms with Gasteiger partial charge in [-0.05, 0) is 55.4 Å². The van der Waals surface area contributed by atoms with Gasteiger partial charge in [-0.3, -0.25) is 4.90 Å². The summed E-state index contributed by atoms with van der Waals surface area (Å²) in [6.45, 7) is 1.53. The Kier molecular flexibility index (Phi) is 5.87. The molecule has 2 heterocycles. The van der Waals surface area contributed by atoms with Crippen LogP contribution in [0.15, 0.2) is 42.5 Å². The van der Waals surface area contributed by atoms with E-state index in [-0.39, 0.29) is 11.9 Å². The number of likely N-dealkylation sites (tertiary alicyclic amines) is 1. The van der Waals surface area contributed by atoms with Gasteiger partial charge in [0.1, 0.15) is 17.3 Å². The third kappa shape index (κ3) is 3.85. The van der Waals surface area contributed by atoms with Crippen molar-refractivity contribution in [3.8, 4) is 22.9 Å². The molecule has 0 saturated carbocycles. The van der Waals surface area contributed by atoms with E-state index in [1.54, 1.807) is 26.4 Å². The number of ether oxygens (including phenoxy) is 2. The zero-order chi connectivity index (χ0) is 21.3. The third-order valence-corrected chi connectivity index (χ3v) is 6.11. The van der Waals surface area contributed by atoms with E-state index >= 15 is 0 Å². The second-order valence-corrected chi connectivity index (χ2v) is 7.76. The zero-order valence-corrected chi connectivity index (χ0v) is 18.2. The molecule has 3 aromatic rings. The van der Waals surface area contributed by atoms with Crippen LogP contribution in [0.1, 0.15) is 24.4 Å². The van der Waals surface area contributed by atoms with Crippen LogP contribution in [0.25, 0.3) is 11.4 Å². The first-order valence-electron chi connectivity index (χ1n) is 9.87. The van der Waals surface area contributed by atoms with E-state index in [9.17, 15) is 4.39 Å². The summed E-state index contributed by atoms with van der Waals surface area (Å²) in [5.74, 6) is 2.05. The molecule has 1 aromatic heterocycles. The Morgan fingerprint density at radius 2 is 1.90 bits per heavy atom. The smallest absolute Gasteiger partial charge is 0.199 e. The highest BCUT2D eigenvalue weighted by atomic mass is 32.1. The van der Waals surface area contributed by atoms with Gasteiger partial charge in [0.25, 0.3) is 0 Å². The Morgan fingerprint density at radius 1 is 1.13 bits per heavy atom. The summed E-state index contributed by atoms with van der Waals surface area (Å²) in [7, 11) is 5.22. The Morgan fingerprint density at radius 3 is 2.60 bits per heavy atom. The van der Waals surface area contributed by atoms with Crippen LogP contribution in [0.4, 0.5) is 4.39 Å². The molecule has 1 aliphatic rings. The fourth-order valence-electron chi connectivity index (χ4n) is 4.04. The van der Waals surface area contributed by atoms with E-state index in [4.69, 9.17) is 26.8 Å². The standard InChI is InChI=1S/C22H25FN4O2S/c1-25-21(15-6-8-16(23)9-7-15)24-27(22(25)30)14-26-12-4-5-19(26)18-11-10-17(28-2)13-20(18)29-3/h6-11,13,19H,4-5,12,14H2,1-3H3/t19-/m1/s1. The Hall–Kier alpha value is -2.71. The first-order chi connectivity index (χ1) is 14.5. The summed E-state index contributed by atoms with van der Waals surface area (Å²) in [6, 6.07) is 12.5. The average Bonchev–Trinajstić information content (AvgIpc) is 3.34. The van der Waals surface area contributed by atoms with E-state index < -0.39 is 0 Å². The maximum absolute atomic E-state index is 13.3. The molecule has 0 N–H and O–H groups in total. The van der Waals surface area contributed by atoms with Crippen LogP contribution in [0.5, 0.6) is 11.5 Å². The topological polar surface area (TPSA) is 44.5 Å². The number of aromatic nitrogens is 3. The van der Waals surface area contributed by atoms with Gasteiger partial charge in [-0.2, -0.15) is 5.10 Å². The number of benzene rings is 2. The lowest BCUT2D eigenvalue weighted by molar-refractivity contribution is 0.187. The molecule has 6 nitrogen and oxygen atoms in total. The van der Waals surface area contributed by atoms with Gasteiger partial charge in [-0.25, -0.2) is 9.07 Å². The van der Waals surface area contributed by atoms with Crippen molar-refractivity contribution in [1.82, 2.24) is 19.2 Å². The van der Waals surface area contributed by atoms with E-state index in [1.165, 1.54) is 12.1 Å². The fraction of sp³-hybridized carbons (Fsp3) is 0.364. The van der Waals surface area contributed by atoms with Crippen molar-refractivity contribution in [2.75, 3.05) is 20.8 Å². The van der Waals surface area contributed by atoms with Crippen LogP contribution in [-0.4, -0.2) is 40.0 Å². The molecule has 4 rings (SSSR count). The second-order valence-electron chi connectivity index (χ2n) is 7.39. The summed E-state index contributed by atoms with van der Waals surface area (Å²) in [5.41, 5.74) is 1.97. The Balaban J connectivity index is 1.62.